The molecule has 0 saturated heterocycles. The molecule has 6 heteroatoms. The molecule has 3 rings (SSSR count). The lowest BCUT2D eigenvalue weighted by molar-refractivity contribution is 0.520. The van der Waals surface area contributed by atoms with Crippen LogP contribution in [0.1, 0.15) is 17.0 Å². The van der Waals surface area contributed by atoms with E-state index in [1.54, 1.807) is 19.4 Å². The molecule has 5 nitrogen and oxygen atoms in total. The van der Waals surface area contributed by atoms with E-state index in [1.165, 1.54) is 11.9 Å². The molecule has 100 valence electrons. The molecule has 0 unspecified atom stereocenters. The SMILES string of the molecule is Cc1nc(SNc2ccc(C)c3c(C#N)c[nH]c23)co1. The minimum atomic E-state index is 0.634. The van der Waals surface area contributed by atoms with Crippen molar-refractivity contribution < 1.29 is 4.42 Å². The Kier molecular flexibility index (Phi) is 3.12. The van der Waals surface area contributed by atoms with E-state index in [2.05, 4.69) is 20.8 Å². The summed E-state index contributed by atoms with van der Waals surface area (Å²) in [5, 5.41) is 10.9. The van der Waals surface area contributed by atoms with Gasteiger partial charge in [0, 0.05) is 30.5 Å². The van der Waals surface area contributed by atoms with Crippen LogP contribution in [-0.2, 0) is 0 Å². The zero-order valence-corrected chi connectivity index (χ0v) is 11.8. The minimum absolute atomic E-state index is 0.634. The second-order valence-electron chi connectivity index (χ2n) is 4.40. The zero-order valence-electron chi connectivity index (χ0n) is 11.0. The summed E-state index contributed by atoms with van der Waals surface area (Å²) >= 11 is 1.37. The van der Waals surface area contributed by atoms with Crippen molar-refractivity contribution >= 4 is 28.5 Å². The van der Waals surface area contributed by atoms with Crippen molar-refractivity contribution in [2.24, 2.45) is 0 Å². The van der Waals surface area contributed by atoms with Gasteiger partial charge in [0.1, 0.15) is 12.3 Å². The molecule has 0 atom stereocenters. The van der Waals surface area contributed by atoms with Crippen LogP contribution >= 0.6 is 11.9 Å². The number of hydrogen-bond donors (Lipinski definition) is 2. The lowest BCUT2D eigenvalue weighted by Gasteiger charge is -2.06. The van der Waals surface area contributed by atoms with Gasteiger partial charge in [-0.2, -0.15) is 5.26 Å². The Balaban J connectivity index is 1.94. The highest BCUT2D eigenvalue weighted by atomic mass is 32.2. The number of hydrogen-bond acceptors (Lipinski definition) is 5. The lowest BCUT2D eigenvalue weighted by atomic mass is 10.1. The fraction of sp³-hybridized carbons (Fsp3) is 0.143. The first kappa shape index (κ1) is 12.6. The Labute approximate surface area is 120 Å². The number of nitrogens with zero attached hydrogens (tertiary/aromatic N) is 2. The highest BCUT2D eigenvalue weighted by Gasteiger charge is 2.10. The van der Waals surface area contributed by atoms with E-state index in [-0.39, 0.29) is 0 Å². The van der Waals surface area contributed by atoms with Gasteiger partial charge < -0.3 is 14.1 Å². The summed E-state index contributed by atoms with van der Waals surface area (Å²) in [6.45, 7) is 3.80. The fourth-order valence-electron chi connectivity index (χ4n) is 2.09. The highest BCUT2D eigenvalue weighted by molar-refractivity contribution is 8.00. The number of aryl methyl sites for hydroxylation is 2. The molecule has 3 aromatic rings. The first-order valence-corrected chi connectivity index (χ1v) is 6.86. The van der Waals surface area contributed by atoms with E-state index in [4.69, 9.17) is 9.68 Å². The molecular formula is C14H12N4OS. The molecule has 20 heavy (non-hydrogen) atoms. The number of rotatable bonds is 3. The van der Waals surface area contributed by atoms with Crippen LogP contribution in [0.5, 0.6) is 0 Å². The molecule has 2 heterocycles. The maximum Gasteiger partial charge on any atom is 0.192 e. The first-order valence-electron chi connectivity index (χ1n) is 6.05. The van der Waals surface area contributed by atoms with Gasteiger partial charge in [0.2, 0.25) is 0 Å². The molecule has 1 aromatic carbocycles. The van der Waals surface area contributed by atoms with E-state index in [1.807, 2.05) is 19.1 Å². The molecule has 0 bridgehead atoms. The van der Waals surface area contributed by atoms with Crippen molar-refractivity contribution in [2.45, 2.75) is 18.9 Å². The number of aromatic nitrogens is 2. The predicted molar refractivity (Wildman–Crippen MR) is 78.5 cm³/mol. The summed E-state index contributed by atoms with van der Waals surface area (Å²) in [4.78, 5) is 7.36. The second-order valence-corrected chi connectivity index (χ2v) is 5.23. The highest BCUT2D eigenvalue weighted by Crippen LogP contribution is 2.31. The maximum absolute atomic E-state index is 9.13. The number of H-pyrrole nitrogens is 1. The fourth-order valence-corrected chi connectivity index (χ4v) is 2.75. The number of nitriles is 1. The summed E-state index contributed by atoms with van der Waals surface area (Å²) in [6.07, 6.45) is 3.33. The molecule has 0 aliphatic carbocycles. The smallest absolute Gasteiger partial charge is 0.192 e. The van der Waals surface area contributed by atoms with Gasteiger partial charge in [-0.05, 0) is 18.6 Å². The van der Waals surface area contributed by atoms with Crippen molar-refractivity contribution in [3.63, 3.8) is 0 Å². The third kappa shape index (κ3) is 2.12. The van der Waals surface area contributed by atoms with E-state index in [0.717, 1.165) is 27.2 Å². The minimum Gasteiger partial charge on any atom is -0.448 e. The monoisotopic (exact) mass is 284 g/mol. The van der Waals surface area contributed by atoms with E-state index >= 15 is 0 Å². The summed E-state index contributed by atoms with van der Waals surface area (Å²) in [7, 11) is 0. The normalized spacial score (nSPS) is 10.7. The van der Waals surface area contributed by atoms with Gasteiger partial charge in [0.05, 0.1) is 16.8 Å². The average molecular weight is 284 g/mol. The standard InChI is InChI=1S/C14H12N4OS/c1-8-3-4-11(14-13(8)10(5-15)6-16-14)18-20-12-7-19-9(2)17-12/h3-4,6-7,16,18H,1-2H3. The first-order chi connectivity index (χ1) is 9.69. The van der Waals surface area contributed by atoms with Crippen LogP contribution in [0.15, 0.2) is 34.0 Å². The number of benzene rings is 1. The largest absolute Gasteiger partial charge is 0.448 e. The van der Waals surface area contributed by atoms with Crippen LogP contribution in [0.4, 0.5) is 5.69 Å². The van der Waals surface area contributed by atoms with Crippen molar-refractivity contribution in [1.82, 2.24) is 9.97 Å². The Bertz CT molecular complexity index is 812. The van der Waals surface area contributed by atoms with Gasteiger partial charge in [0.15, 0.2) is 10.9 Å². The molecule has 2 N–H and O–H groups in total. The number of nitrogens with one attached hydrogen (secondary N) is 2. The van der Waals surface area contributed by atoms with Gasteiger partial charge in [-0.1, -0.05) is 6.07 Å². The van der Waals surface area contributed by atoms with Gasteiger partial charge in [-0.3, -0.25) is 0 Å². The topological polar surface area (TPSA) is 77.6 Å². The van der Waals surface area contributed by atoms with Crippen LogP contribution in [0.2, 0.25) is 0 Å². The van der Waals surface area contributed by atoms with Crippen LogP contribution < -0.4 is 4.72 Å². The van der Waals surface area contributed by atoms with Crippen molar-refractivity contribution in [3.8, 4) is 6.07 Å². The molecule has 0 amide bonds. The van der Waals surface area contributed by atoms with Gasteiger partial charge in [-0.25, -0.2) is 4.98 Å². The maximum atomic E-state index is 9.13. The summed E-state index contributed by atoms with van der Waals surface area (Å²) in [5.74, 6) is 0.634. The Morgan fingerprint density at radius 2 is 2.25 bits per heavy atom. The van der Waals surface area contributed by atoms with Crippen molar-refractivity contribution in [2.75, 3.05) is 4.72 Å². The number of aromatic amines is 1. The third-order valence-corrected chi connectivity index (χ3v) is 3.75. The van der Waals surface area contributed by atoms with Crippen molar-refractivity contribution in [3.05, 3.63) is 41.6 Å². The molecule has 0 radical (unpaired) electrons. The molecular weight excluding hydrogens is 272 g/mol. The number of anilines is 1. The molecule has 2 aromatic heterocycles. The molecule has 0 fully saturated rings. The van der Waals surface area contributed by atoms with Crippen LogP contribution in [0, 0.1) is 25.2 Å². The zero-order chi connectivity index (χ0) is 14.1. The van der Waals surface area contributed by atoms with Crippen LogP contribution in [0.25, 0.3) is 10.9 Å². The van der Waals surface area contributed by atoms with Gasteiger partial charge >= 0.3 is 0 Å². The van der Waals surface area contributed by atoms with Crippen LogP contribution in [-0.4, -0.2) is 9.97 Å². The van der Waals surface area contributed by atoms with Crippen molar-refractivity contribution in [1.29, 1.82) is 5.26 Å². The lowest BCUT2D eigenvalue weighted by Crippen LogP contribution is -1.90. The second kappa shape index (κ2) is 4.94. The third-order valence-electron chi connectivity index (χ3n) is 3.03. The molecule has 0 aliphatic rings. The Hall–Kier alpha value is -2.39. The van der Waals surface area contributed by atoms with E-state index in [9.17, 15) is 0 Å². The molecule has 0 aliphatic heterocycles. The van der Waals surface area contributed by atoms with E-state index in [0.29, 0.717) is 11.5 Å². The average Bonchev–Trinajstić information content (AvgIpc) is 3.05. The Morgan fingerprint density at radius 3 is 2.95 bits per heavy atom. The Morgan fingerprint density at radius 1 is 1.40 bits per heavy atom. The van der Waals surface area contributed by atoms with Gasteiger partial charge in [-0.15, -0.1) is 0 Å². The summed E-state index contributed by atoms with van der Waals surface area (Å²) < 4.78 is 8.39. The quantitative estimate of drug-likeness (QED) is 0.716. The van der Waals surface area contributed by atoms with Gasteiger partial charge in [0.25, 0.3) is 0 Å². The van der Waals surface area contributed by atoms with E-state index < -0.39 is 0 Å². The van der Waals surface area contributed by atoms with Crippen LogP contribution in [0.3, 0.4) is 0 Å². The predicted octanol–water partition coefficient (Wildman–Crippen LogP) is 3.76. The number of oxazole rings is 1. The summed E-state index contributed by atoms with van der Waals surface area (Å²) in [5.41, 5.74) is 3.57. The summed E-state index contributed by atoms with van der Waals surface area (Å²) in [6, 6.07) is 6.18. The number of fused-ring (bicyclic) bond motifs is 1. The molecule has 0 saturated carbocycles. The molecule has 0 spiro atoms.